The molecule has 0 saturated heterocycles. The molecule has 1 aromatic carbocycles. The number of benzene rings is 1. The highest BCUT2D eigenvalue weighted by molar-refractivity contribution is 7.93. The third-order valence-corrected chi connectivity index (χ3v) is 5.88. The Bertz CT molecular complexity index is 1080. The number of carbonyl (C=O) groups is 2. The highest BCUT2D eigenvalue weighted by Gasteiger charge is 2.25. The highest BCUT2D eigenvalue weighted by atomic mass is 32.2. The first-order valence-electron chi connectivity index (χ1n) is 8.15. The lowest BCUT2D eigenvalue weighted by Crippen LogP contribution is -2.16. The third kappa shape index (κ3) is 5.34. The molecule has 0 fully saturated rings. The fourth-order valence-electron chi connectivity index (χ4n) is 2.14. The van der Waals surface area contributed by atoms with Crippen LogP contribution in [0.3, 0.4) is 0 Å². The summed E-state index contributed by atoms with van der Waals surface area (Å²) >= 11 is 0.943. The van der Waals surface area contributed by atoms with E-state index >= 15 is 0 Å². The van der Waals surface area contributed by atoms with Crippen molar-refractivity contribution in [2.45, 2.75) is 11.8 Å². The number of ether oxygens (including phenoxy) is 2. The molecular weight excluding hydrogens is 418 g/mol. The number of methoxy groups -OCH3 is 1. The fourth-order valence-corrected chi connectivity index (χ4v) is 4.56. The smallest absolute Gasteiger partial charge is 0.350 e. The summed E-state index contributed by atoms with van der Waals surface area (Å²) in [4.78, 5) is 23.2. The van der Waals surface area contributed by atoms with E-state index in [1.165, 1.54) is 17.5 Å². The first kappa shape index (κ1) is 21.9. The predicted octanol–water partition coefficient (Wildman–Crippen LogP) is 2.72. The number of hydrogen-bond acceptors (Lipinski definition) is 9. The molecule has 1 aromatic heterocycles. The van der Waals surface area contributed by atoms with Crippen molar-refractivity contribution in [1.82, 2.24) is 0 Å². The molecule has 2 N–H and O–H groups in total. The van der Waals surface area contributed by atoms with Gasteiger partial charge >= 0.3 is 11.9 Å². The minimum absolute atomic E-state index is 0.0561. The van der Waals surface area contributed by atoms with Gasteiger partial charge in [-0.2, -0.15) is 5.26 Å². The normalized spacial score (nSPS) is 11.3. The average molecular weight is 435 g/mol. The lowest BCUT2D eigenvalue weighted by atomic mass is 10.2. The van der Waals surface area contributed by atoms with Crippen molar-refractivity contribution in [3.8, 4) is 6.07 Å². The van der Waals surface area contributed by atoms with E-state index in [-0.39, 0.29) is 33.3 Å². The Morgan fingerprint density at radius 3 is 2.55 bits per heavy atom. The van der Waals surface area contributed by atoms with Crippen LogP contribution in [0.5, 0.6) is 0 Å². The second-order valence-electron chi connectivity index (χ2n) is 5.29. The van der Waals surface area contributed by atoms with Crippen LogP contribution in [0.2, 0.25) is 0 Å². The molecule has 0 amide bonds. The van der Waals surface area contributed by atoms with Gasteiger partial charge in [0.05, 0.1) is 25.1 Å². The van der Waals surface area contributed by atoms with Gasteiger partial charge in [0.25, 0.3) is 10.0 Å². The van der Waals surface area contributed by atoms with Gasteiger partial charge in [0, 0.05) is 6.20 Å². The minimum atomic E-state index is -4.11. The SMILES string of the molecule is CCOC(=O)/C(C#N)=C/Nc1ccccc1NS(=O)(=O)c1ccsc1C(=O)OC. The van der Waals surface area contributed by atoms with Crippen molar-refractivity contribution >= 4 is 44.7 Å². The molecule has 11 heteroatoms. The summed E-state index contributed by atoms with van der Waals surface area (Å²) < 4.78 is 37.3. The molecule has 0 radical (unpaired) electrons. The molecule has 152 valence electrons. The molecular formula is C18H17N3O6S2. The summed E-state index contributed by atoms with van der Waals surface area (Å²) in [5.74, 6) is -1.57. The highest BCUT2D eigenvalue weighted by Crippen LogP contribution is 2.28. The minimum Gasteiger partial charge on any atom is -0.465 e. The van der Waals surface area contributed by atoms with Gasteiger partial charge in [0.15, 0.2) is 5.57 Å². The molecule has 9 nitrogen and oxygen atoms in total. The molecule has 29 heavy (non-hydrogen) atoms. The summed E-state index contributed by atoms with van der Waals surface area (Å²) in [5.41, 5.74) is 0.144. The maximum absolute atomic E-state index is 12.8. The molecule has 1 heterocycles. The molecule has 0 aliphatic carbocycles. The van der Waals surface area contributed by atoms with Crippen molar-refractivity contribution in [1.29, 1.82) is 5.26 Å². The van der Waals surface area contributed by atoms with Gasteiger partial charge in [0.2, 0.25) is 0 Å². The number of nitriles is 1. The zero-order chi connectivity index (χ0) is 21.4. The van der Waals surface area contributed by atoms with Gasteiger partial charge in [-0.05, 0) is 30.5 Å². The maximum Gasteiger partial charge on any atom is 0.350 e. The second kappa shape index (κ2) is 9.72. The summed E-state index contributed by atoms with van der Waals surface area (Å²) in [6, 6.07) is 9.26. The number of para-hydroxylation sites is 2. The standard InChI is InChI=1S/C18H17N3O6S2/c1-3-27-17(22)12(10-19)11-20-13-6-4-5-7-14(13)21-29(24,25)15-8-9-28-16(15)18(23)26-2/h4-9,11,20-21H,3H2,1-2H3/b12-11+. The second-order valence-corrected chi connectivity index (χ2v) is 7.86. The summed E-state index contributed by atoms with van der Waals surface area (Å²) in [6.45, 7) is 1.72. The van der Waals surface area contributed by atoms with Crippen LogP contribution in [0.1, 0.15) is 16.6 Å². The lowest BCUT2D eigenvalue weighted by molar-refractivity contribution is -0.138. The monoisotopic (exact) mass is 435 g/mol. The Balaban J connectivity index is 2.32. The van der Waals surface area contributed by atoms with E-state index in [2.05, 4.69) is 14.8 Å². The van der Waals surface area contributed by atoms with Gasteiger partial charge in [-0.1, -0.05) is 12.1 Å². The van der Waals surface area contributed by atoms with Gasteiger partial charge in [0.1, 0.15) is 15.8 Å². The topological polar surface area (TPSA) is 135 Å². The largest absolute Gasteiger partial charge is 0.465 e. The Morgan fingerprint density at radius 2 is 1.93 bits per heavy atom. The Hall–Kier alpha value is -3.36. The van der Waals surface area contributed by atoms with Crippen LogP contribution in [0, 0.1) is 11.3 Å². The molecule has 0 aliphatic rings. The van der Waals surface area contributed by atoms with Crippen LogP contribution in [-0.2, 0) is 24.3 Å². The molecule has 0 atom stereocenters. The average Bonchev–Trinajstić information content (AvgIpc) is 3.20. The van der Waals surface area contributed by atoms with Crippen molar-refractivity contribution in [2.75, 3.05) is 23.8 Å². The quantitative estimate of drug-likeness (QED) is 0.367. The fraction of sp³-hybridized carbons (Fsp3) is 0.167. The van der Waals surface area contributed by atoms with Crippen molar-refractivity contribution in [3.63, 3.8) is 0 Å². The van der Waals surface area contributed by atoms with Crippen molar-refractivity contribution in [2.24, 2.45) is 0 Å². The Labute approximate surface area is 171 Å². The molecule has 2 rings (SSSR count). The first-order valence-corrected chi connectivity index (χ1v) is 10.5. The predicted molar refractivity (Wildman–Crippen MR) is 107 cm³/mol. The van der Waals surface area contributed by atoms with E-state index in [1.54, 1.807) is 31.2 Å². The van der Waals surface area contributed by atoms with E-state index in [9.17, 15) is 18.0 Å². The van der Waals surface area contributed by atoms with E-state index in [4.69, 9.17) is 10.00 Å². The number of carbonyl (C=O) groups excluding carboxylic acids is 2. The van der Waals surface area contributed by atoms with Gasteiger partial charge in [-0.3, -0.25) is 4.72 Å². The van der Waals surface area contributed by atoms with E-state index < -0.39 is 22.0 Å². The Morgan fingerprint density at radius 1 is 1.24 bits per heavy atom. The summed E-state index contributed by atoms with van der Waals surface area (Å²) in [5, 5.41) is 13.3. The number of rotatable bonds is 8. The van der Waals surface area contributed by atoms with E-state index in [0.29, 0.717) is 0 Å². The number of nitrogens with one attached hydrogen (secondary N) is 2. The number of thiophene rings is 1. The number of anilines is 2. The molecule has 0 saturated carbocycles. The number of esters is 2. The zero-order valence-corrected chi connectivity index (χ0v) is 17.1. The number of hydrogen-bond donors (Lipinski definition) is 2. The third-order valence-electron chi connectivity index (χ3n) is 3.45. The number of nitrogens with zero attached hydrogens (tertiary/aromatic N) is 1. The molecule has 0 unspecified atom stereocenters. The zero-order valence-electron chi connectivity index (χ0n) is 15.5. The van der Waals surface area contributed by atoms with E-state index in [1.807, 2.05) is 0 Å². The van der Waals surface area contributed by atoms with Crippen molar-refractivity contribution in [3.05, 3.63) is 52.4 Å². The Kier molecular flexibility index (Phi) is 7.35. The summed E-state index contributed by atoms with van der Waals surface area (Å²) in [6.07, 6.45) is 1.12. The van der Waals surface area contributed by atoms with Crippen LogP contribution in [0.15, 0.2) is 52.4 Å². The van der Waals surface area contributed by atoms with Gasteiger partial charge < -0.3 is 14.8 Å². The van der Waals surface area contributed by atoms with Gasteiger partial charge in [-0.25, -0.2) is 18.0 Å². The first-order chi connectivity index (χ1) is 13.8. The number of sulfonamides is 1. The van der Waals surface area contributed by atoms with Gasteiger partial charge in [-0.15, -0.1) is 11.3 Å². The maximum atomic E-state index is 12.8. The van der Waals surface area contributed by atoms with Crippen LogP contribution >= 0.6 is 11.3 Å². The lowest BCUT2D eigenvalue weighted by Gasteiger charge is -2.13. The molecule has 0 bridgehead atoms. The van der Waals surface area contributed by atoms with Crippen LogP contribution in [0.4, 0.5) is 11.4 Å². The van der Waals surface area contributed by atoms with Crippen molar-refractivity contribution < 1.29 is 27.5 Å². The van der Waals surface area contributed by atoms with E-state index in [0.717, 1.165) is 24.6 Å². The van der Waals surface area contributed by atoms with Crippen LogP contribution < -0.4 is 10.0 Å². The van der Waals surface area contributed by atoms with Crippen LogP contribution in [0.25, 0.3) is 0 Å². The molecule has 0 aliphatic heterocycles. The summed E-state index contributed by atoms with van der Waals surface area (Å²) in [7, 11) is -2.94. The van der Waals surface area contributed by atoms with Crippen LogP contribution in [-0.4, -0.2) is 34.1 Å². The molecule has 2 aromatic rings. The molecule has 0 spiro atoms.